The lowest BCUT2D eigenvalue weighted by atomic mass is 9.65. The molecule has 4 aliphatic rings. The normalized spacial score (nSPS) is 60.3. The predicted molar refractivity (Wildman–Crippen MR) is 45.7 cm³/mol. The fourth-order valence-corrected chi connectivity index (χ4v) is 3.52. The van der Waals surface area contributed by atoms with Gasteiger partial charge in [0.2, 0.25) is 0 Å². The molecule has 0 amide bonds. The van der Waals surface area contributed by atoms with Gasteiger partial charge in [-0.05, 0) is 19.3 Å². The summed E-state index contributed by atoms with van der Waals surface area (Å²) < 4.78 is 0. The van der Waals surface area contributed by atoms with Gasteiger partial charge in [0.1, 0.15) is 0 Å². The van der Waals surface area contributed by atoms with Gasteiger partial charge in [-0.3, -0.25) is 0 Å². The summed E-state index contributed by atoms with van der Waals surface area (Å²) in [7, 11) is 0. The number of hydrogen-bond donors (Lipinski definition) is 0. The number of azo groups is 2. The summed E-state index contributed by atoms with van der Waals surface area (Å²) in [5.74, 6) is 1.50. The Morgan fingerprint density at radius 2 is 0.923 bits per heavy atom. The maximum absolute atomic E-state index is 4.38. The standard InChI is InChI=1S/C9H12N4/c1-4-6-2-7-5(1)9(13-11-7)3-8(4)12-10-6/h4-9H,1-3H2/t4?,5?,6-,7+,8+,9-. The molecule has 4 rings (SSSR count). The van der Waals surface area contributed by atoms with E-state index in [4.69, 9.17) is 0 Å². The lowest BCUT2D eigenvalue weighted by Gasteiger charge is -2.39. The molecule has 0 radical (unpaired) electrons. The largest absolute Gasteiger partial charge is 0.190 e. The van der Waals surface area contributed by atoms with Crippen LogP contribution in [0.2, 0.25) is 0 Å². The molecular formula is C9H12N4. The van der Waals surface area contributed by atoms with Crippen LogP contribution < -0.4 is 0 Å². The van der Waals surface area contributed by atoms with Crippen LogP contribution in [0, 0.1) is 11.8 Å². The molecule has 2 saturated carbocycles. The van der Waals surface area contributed by atoms with E-state index in [2.05, 4.69) is 20.5 Å². The average Bonchev–Trinajstić information content (AvgIpc) is 2.75. The van der Waals surface area contributed by atoms with E-state index in [1.165, 1.54) is 6.42 Å². The summed E-state index contributed by atoms with van der Waals surface area (Å²) in [6, 6.07) is 1.96. The first-order chi connectivity index (χ1) is 6.42. The zero-order valence-electron chi connectivity index (χ0n) is 7.37. The molecule has 0 aromatic rings. The Bertz CT molecular complexity index is 257. The van der Waals surface area contributed by atoms with Gasteiger partial charge in [0.25, 0.3) is 0 Å². The molecule has 0 aromatic heterocycles. The lowest BCUT2D eigenvalue weighted by molar-refractivity contribution is 0.152. The van der Waals surface area contributed by atoms with Crippen molar-refractivity contribution in [3.8, 4) is 0 Å². The molecule has 2 aliphatic heterocycles. The second kappa shape index (κ2) is 1.99. The number of rotatable bonds is 0. The summed E-state index contributed by atoms with van der Waals surface area (Å²) in [5, 5.41) is 17.5. The van der Waals surface area contributed by atoms with E-state index in [1.54, 1.807) is 0 Å². The van der Waals surface area contributed by atoms with E-state index in [0.717, 1.165) is 24.7 Å². The Morgan fingerprint density at radius 3 is 1.31 bits per heavy atom. The Hall–Kier alpha value is -0.800. The highest BCUT2D eigenvalue weighted by molar-refractivity contribution is 5.09. The van der Waals surface area contributed by atoms with Crippen molar-refractivity contribution in [1.29, 1.82) is 0 Å². The van der Waals surface area contributed by atoms with E-state index in [1.807, 2.05) is 0 Å². The Morgan fingerprint density at radius 1 is 0.538 bits per heavy atom. The fourth-order valence-electron chi connectivity index (χ4n) is 3.52. The van der Waals surface area contributed by atoms with Crippen LogP contribution in [0.25, 0.3) is 0 Å². The second-order valence-corrected chi connectivity index (χ2v) is 4.77. The summed E-state index contributed by atoms with van der Waals surface area (Å²) in [5.41, 5.74) is 0. The third-order valence-electron chi connectivity index (χ3n) is 4.21. The maximum atomic E-state index is 4.38. The highest BCUT2D eigenvalue weighted by Crippen LogP contribution is 2.50. The van der Waals surface area contributed by atoms with Gasteiger partial charge in [0.05, 0.1) is 24.2 Å². The van der Waals surface area contributed by atoms with Gasteiger partial charge in [-0.2, -0.15) is 20.5 Å². The van der Waals surface area contributed by atoms with Gasteiger partial charge in [-0.1, -0.05) is 0 Å². The van der Waals surface area contributed by atoms with Gasteiger partial charge >= 0.3 is 0 Å². The summed E-state index contributed by atoms with van der Waals surface area (Å²) in [6.07, 6.45) is 3.52. The molecule has 2 unspecified atom stereocenters. The van der Waals surface area contributed by atoms with E-state index >= 15 is 0 Å². The molecule has 2 fully saturated rings. The number of nitrogens with zero attached hydrogens (tertiary/aromatic N) is 4. The monoisotopic (exact) mass is 176 g/mol. The highest BCUT2D eigenvalue weighted by atomic mass is 15.3. The molecule has 13 heavy (non-hydrogen) atoms. The van der Waals surface area contributed by atoms with E-state index in [-0.39, 0.29) is 0 Å². The van der Waals surface area contributed by atoms with Crippen LogP contribution in [-0.4, -0.2) is 24.2 Å². The zero-order chi connectivity index (χ0) is 8.41. The molecule has 0 N–H and O–H groups in total. The second-order valence-electron chi connectivity index (χ2n) is 4.77. The van der Waals surface area contributed by atoms with Crippen LogP contribution in [0.4, 0.5) is 0 Å². The molecule has 4 nitrogen and oxygen atoms in total. The Labute approximate surface area is 76.5 Å². The minimum absolute atomic E-state index is 0.490. The highest BCUT2D eigenvalue weighted by Gasteiger charge is 2.53. The quantitative estimate of drug-likeness (QED) is 0.540. The Kier molecular flexibility index (Phi) is 1.01. The molecule has 0 saturated heterocycles. The average molecular weight is 176 g/mol. The van der Waals surface area contributed by atoms with Crippen LogP contribution in [0.3, 0.4) is 0 Å². The molecular weight excluding hydrogens is 164 g/mol. The van der Waals surface area contributed by atoms with Crippen LogP contribution in [0.5, 0.6) is 0 Å². The third kappa shape index (κ3) is 0.685. The molecule has 2 aliphatic carbocycles. The summed E-state index contributed by atoms with van der Waals surface area (Å²) in [4.78, 5) is 0. The van der Waals surface area contributed by atoms with Gasteiger partial charge < -0.3 is 0 Å². The molecule has 0 spiro atoms. The van der Waals surface area contributed by atoms with E-state index in [9.17, 15) is 0 Å². The van der Waals surface area contributed by atoms with Crippen molar-refractivity contribution in [2.75, 3.05) is 0 Å². The van der Waals surface area contributed by atoms with Gasteiger partial charge in [0, 0.05) is 11.8 Å². The van der Waals surface area contributed by atoms with E-state index < -0.39 is 0 Å². The van der Waals surface area contributed by atoms with Crippen molar-refractivity contribution in [3.05, 3.63) is 0 Å². The lowest BCUT2D eigenvalue weighted by Crippen LogP contribution is -2.46. The minimum Gasteiger partial charge on any atom is -0.190 e. The third-order valence-corrected chi connectivity index (χ3v) is 4.21. The topological polar surface area (TPSA) is 49.4 Å². The van der Waals surface area contributed by atoms with Crippen molar-refractivity contribution in [2.45, 2.75) is 43.4 Å². The van der Waals surface area contributed by atoms with Crippen molar-refractivity contribution >= 4 is 0 Å². The minimum atomic E-state index is 0.490. The van der Waals surface area contributed by atoms with Crippen LogP contribution in [0.15, 0.2) is 20.5 Å². The first kappa shape index (κ1) is 6.62. The molecule has 68 valence electrons. The maximum Gasteiger partial charge on any atom is 0.0778 e. The van der Waals surface area contributed by atoms with Crippen molar-refractivity contribution in [1.82, 2.24) is 0 Å². The first-order valence-corrected chi connectivity index (χ1v) is 5.22. The first-order valence-electron chi connectivity index (χ1n) is 5.22. The predicted octanol–water partition coefficient (Wildman–Crippen LogP) is 1.82. The zero-order valence-corrected chi connectivity index (χ0v) is 7.37. The smallest absolute Gasteiger partial charge is 0.0778 e. The molecule has 4 heteroatoms. The van der Waals surface area contributed by atoms with Crippen LogP contribution in [0.1, 0.15) is 19.3 Å². The molecule has 6 atom stereocenters. The van der Waals surface area contributed by atoms with Crippen LogP contribution >= 0.6 is 0 Å². The molecule has 2 heterocycles. The molecule has 2 bridgehead atoms. The van der Waals surface area contributed by atoms with E-state index in [0.29, 0.717) is 24.2 Å². The van der Waals surface area contributed by atoms with Gasteiger partial charge in [-0.25, -0.2) is 0 Å². The fraction of sp³-hybridized carbons (Fsp3) is 1.00. The molecule has 0 aromatic carbocycles. The van der Waals surface area contributed by atoms with Gasteiger partial charge in [-0.15, -0.1) is 0 Å². The summed E-state index contributed by atoms with van der Waals surface area (Å²) >= 11 is 0. The van der Waals surface area contributed by atoms with Crippen LogP contribution in [-0.2, 0) is 0 Å². The van der Waals surface area contributed by atoms with Gasteiger partial charge in [0.15, 0.2) is 0 Å². The summed E-state index contributed by atoms with van der Waals surface area (Å²) in [6.45, 7) is 0. The van der Waals surface area contributed by atoms with Crippen molar-refractivity contribution < 1.29 is 0 Å². The SMILES string of the molecule is C1C2[C@@H]3C[C@H]4N=N[C@@H](C[C@H]2N=N3)C14. The van der Waals surface area contributed by atoms with Crippen molar-refractivity contribution in [3.63, 3.8) is 0 Å². The Balaban J connectivity index is 1.81. The number of hydrogen-bond acceptors (Lipinski definition) is 4. The van der Waals surface area contributed by atoms with Crippen molar-refractivity contribution in [2.24, 2.45) is 32.3 Å².